The summed E-state index contributed by atoms with van der Waals surface area (Å²) >= 11 is 0. The number of carbonyl (C=O) groups excluding carboxylic acids is 1. The molecule has 0 radical (unpaired) electrons. The fourth-order valence-electron chi connectivity index (χ4n) is 5.07. The van der Waals surface area contributed by atoms with Gasteiger partial charge in [-0.2, -0.15) is 0 Å². The van der Waals surface area contributed by atoms with Gasteiger partial charge in [0.2, 0.25) is 11.9 Å². The van der Waals surface area contributed by atoms with Gasteiger partial charge >= 0.3 is 0 Å². The predicted molar refractivity (Wildman–Crippen MR) is 104 cm³/mol. The number of nitrogens with zero attached hydrogens (tertiary/aromatic N) is 3. The normalized spacial score (nSPS) is 31.6. The first-order valence-corrected chi connectivity index (χ1v) is 10.2. The minimum Gasteiger partial charge on any atom is -0.369 e. The number of aromatic nitrogens is 2. The summed E-state index contributed by atoms with van der Waals surface area (Å²) in [4.78, 5) is 23.5. The molecule has 4 atom stereocenters. The van der Waals surface area contributed by atoms with E-state index < -0.39 is 0 Å². The predicted octanol–water partition coefficient (Wildman–Crippen LogP) is 2.63. The van der Waals surface area contributed by atoms with Gasteiger partial charge in [-0.3, -0.25) is 4.79 Å². The second kappa shape index (κ2) is 7.58. The third-order valence-electron chi connectivity index (χ3n) is 6.39. The highest BCUT2D eigenvalue weighted by Crippen LogP contribution is 2.54. The Bertz CT molecular complexity index is 722. The molecular formula is C21H30N4O2. The number of anilines is 1. The molecule has 1 aromatic rings. The first kappa shape index (κ1) is 18.4. The molecule has 0 aromatic carbocycles. The van der Waals surface area contributed by atoms with Gasteiger partial charge in [0.25, 0.3) is 0 Å². The van der Waals surface area contributed by atoms with Crippen LogP contribution in [0.25, 0.3) is 0 Å². The van der Waals surface area contributed by atoms with Crippen LogP contribution in [0.2, 0.25) is 0 Å². The fraction of sp³-hybridized carbons (Fsp3) is 0.667. The van der Waals surface area contributed by atoms with Crippen LogP contribution in [0.3, 0.4) is 0 Å². The molecule has 3 fully saturated rings. The van der Waals surface area contributed by atoms with Crippen molar-refractivity contribution in [2.75, 3.05) is 24.5 Å². The van der Waals surface area contributed by atoms with Crippen molar-refractivity contribution in [3.05, 3.63) is 30.1 Å². The van der Waals surface area contributed by atoms with Crippen molar-refractivity contribution in [3.8, 4) is 0 Å². The molecule has 6 nitrogen and oxygen atoms in total. The zero-order valence-corrected chi connectivity index (χ0v) is 16.4. The van der Waals surface area contributed by atoms with Crippen LogP contribution >= 0.6 is 0 Å². The second-order valence-electron chi connectivity index (χ2n) is 8.17. The number of allylic oxidation sites excluding steroid dienone is 2. The van der Waals surface area contributed by atoms with Gasteiger partial charge in [-0.1, -0.05) is 12.2 Å². The number of hydrogen-bond acceptors (Lipinski definition) is 5. The number of amides is 1. The van der Waals surface area contributed by atoms with Crippen LogP contribution in [0.5, 0.6) is 0 Å². The van der Waals surface area contributed by atoms with E-state index in [4.69, 9.17) is 4.74 Å². The van der Waals surface area contributed by atoms with Gasteiger partial charge in [0, 0.05) is 43.2 Å². The quantitative estimate of drug-likeness (QED) is 0.590. The van der Waals surface area contributed by atoms with Crippen LogP contribution in [-0.2, 0) is 9.53 Å². The Kier molecular flexibility index (Phi) is 5.17. The molecule has 146 valence electrons. The number of carbonyl (C=O) groups is 1. The van der Waals surface area contributed by atoms with Gasteiger partial charge < -0.3 is 15.0 Å². The van der Waals surface area contributed by atoms with Gasteiger partial charge in [0.05, 0.1) is 18.2 Å². The van der Waals surface area contributed by atoms with Crippen molar-refractivity contribution in [3.63, 3.8) is 0 Å². The van der Waals surface area contributed by atoms with E-state index >= 15 is 0 Å². The molecule has 0 saturated carbocycles. The van der Waals surface area contributed by atoms with Gasteiger partial charge in [-0.05, 0) is 45.6 Å². The van der Waals surface area contributed by atoms with Crippen LogP contribution in [-0.4, -0.2) is 47.2 Å². The lowest BCUT2D eigenvalue weighted by atomic mass is 9.73. The molecule has 3 aliphatic heterocycles. The lowest BCUT2D eigenvalue weighted by Crippen LogP contribution is -2.41. The van der Waals surface area contributed by atoms with Gasteiger partial charge in [-0.25, -0.2) is 9.97 Å². The van der Waals surface area contributed by atoms with Crippen LogP contribution in [0, 0.1) is 18.8 Å². The summed E-state index contributed by atoms with van der Waals surface area (Å²) in [6.07, 6.45) is 10.9. The second-order valence-corrected chi connectivity index (χ2v) is 8.17. The zero-order chi connectivity index (χ0) is 18.9. The minimum atomic E-state index is -0.0703. The Morgan fingerprint density at radius 2 is 2.41 bits per heavy atom. The van der Waals surface area contributed by atoms with Gasteiger partial charge in [0.15, 0.2) is 0 Å². The smallest absolute Gasteiger partial charge is 0.225 e. The molecule has 3 saturated heterocycles. The summed E-state index contributed by atoms with van der Waals surface area (Å²) < 4.78 is 6.47. The van der Waals surface area contributed by atoms with Crippen molar-refractivity contribution in [1.82, 2.24) is 15.3 Å². The van der Waals surface area contributed by atoms with Crippen LogP contribution in [0.1, 0.15) is 44.7 Å². The number of ether oxygens (including phenoxy) is 1. The highest BCUT2D eigenvalue weighted by atomic mass is 16.5. The van der Waals surface area contributed by atoms with Crippen LogP contribution in [0.4, 0.5) is 5.95 Å². The number of aryl methyl sites for hydroxylation is 1. The van der Waals surface area contributed by atoms with Gasteiger partial charge in [0.1, 0.15) is 0 Å². The Morgan fingerprint density at radius 3 is 3.22 bits per heavy atom. The van der Waals surface area contributed by atoms with Crippen LogP contribution in [0.15, 0.2) is 24.4 Å². The van der Waals surface area contributed by atoms with Crippen molar-refractivity contribution < 1.29 is 9.53 Å². The highest BCUT2D eigenvalue weighted by molar-refractivity contribution is 5.75. The van der Waals surface area contributed by atoms with Crippen LogP contribution < -0.4 is 10.2 Å². The summed E-state index contributed by atoms with van der Waals surface area (Å²) in [7, 11) is 0. The lowest BCUT2D eigenvalue weighted by Gasteiger charge is -2.29. The molecule has 1 N–H and O–H groups in total. The first-order valence-electron chi connectivity index (χ1n) is 10.2. The van der Waals surface area contributed by atoms with E-state index in [-0.39, 0.29) is 11.5 Å². The molecule has 1 aromatic heterocycles. The number of rotatable bonds is 7. The topological polar surface area (TPSA) is 67.4 Å². The van der Waals surface area contributed by atoms with Gasteiger partial charge in [-0.15, -0.1) is 0 Å². The Morgan fingerprint density at radius 1 is 1.52 bits per heavy atom. The number of fused-ring (bicyclic) bond motifs is 1. The summed E-state index contributed by atoms with van der Waals surface area (Å²) in [5.41, 5.74) is 0.917. The molecule has 2 bridgehead atoms. The number of hydrogen-bond donors (Lipinski definition) is 1. The fourth-order valence-corrected chi connectivity index (χ4v) is 5.07. The molecule has 1 spiro atoms. The third kappa shape index (κ3) is 3.59. The average molecular weight is 370 g/mol. The number of nitrogens with one attached hydrogen (secondary N) is 1. The van der Waals surface area contributed by atoms with E-state index in [1.165, 1.54) is 0 Å². The molecule has 4 heterocycles. The van der Waals surface area contributed by atoms with Crippen molar-refractivity contribution >= 4 is 11.9 Å². The highest BCUT2D eigenvalue weighted by Gasteiger charge is 2.63. The molecule has 6 heteroatoms. The molecule has 3 aliphatic rings. The lowest BCUT2D eigenvalue weighted by molar-refractivity contribution is -0.121. The maximum absolute atomic E-state index is 12.2. The van der Waals surface area contributed by atoms with E-state index in [0.29, 0.717) is 24.4 Å². The largest absolute Gasteiger partial charge is 0.369 e. The Hall–Kier alpha value is -1.95. The van der Waals surface area contributed by atoms with E-state index in [0.717, 1.165) is 57.0 Å². The molecule has 0 unspecified atom stereocenters. The standard InChI is InChI=1S/C21H30N4O2/c1-3-4-5-6-7-19(26)23-12-16-17-13-25(20-22-11-9-15(2)24-20)14-21(17)10-8-18(16)27-21/h3-4,9,11,16-18H,5-8,10,12-14H2,1-2H3,(H,23,26)/b4-3+/t16-,17+,18+,21+/m0/s1. The SMILES string of the molecule is C/C=C/CCCC(=O)NC[C@H]1[C@H]2CN(c3nccc(C)n3)C[C@]23CC[C@H]1O3. The van der Waals surface area contributed by atoms with Crippen molar-refractivity contribution in [1.29, 1.82) is 0 Å². The van der Waals surface area contributed by atoms with E-state index in [2.05, 4.69) is 26.3 Å². The molecule has 27 heavy (non-hydrogen) atoms. The summed E-state index contributed by atoms with van der Waals surface area (Å²) in [5, 5.41) is 3.17. The Balaban J connectivity index is 1.36. The molecule has 0 aliphatic carbocycles. The summed E-state index contributed by atoms with van der Waals surface area (Å²) in [6, 6.07) is 1.93. The molecule has 4 rings (SSSR count). The van der Waals surface area contributed by atoms with E-state index in [1.54, 1.807) is 0 Å². The zero-order valence-electron chi connectivity index (χ0n) is 16.4. The Labute approximate surface area is 161 Å². The summed E-state index contributed by atoms with van der Waals surface area (Å²) in [5.74, 6) is 1.81. The first-order chi connectivity index (χ1) is 13.1. The summed E-state index contributed by atoms with van der Waals surface area (Å²) in [6.45, 7) is 6.52. The molecular weight excluding hydrogens is 340 g/mol. The minimum absolute atomic E-state index is 0.0703. The monoisotopic (exact) mass is 370 g/mol. The number of unbranched alkanes of at least 4 members (excludes halogenated alkanes) is 1. The molecule has 1 amide bonds. The average Bonchev–Trinajstić information content (AvgIpc) is 3.32. The van der Waals surface area contributed by atoms with E-state index in [1.807, 2.05) is 32.2 Å². The maximum atomic E-state index is 12.2. The van der Waals surface area contributed by atoms with Crippen molar-refractivity contribution in [2.24, 2.45) is 11.8 Å². The van der Waals surface area contributed by atoms with Crippen molar-refractivity contribution in [2.45, 2.75) is 57.7 Å². The maximum Gasteiger partial charge on any atom is 0.225 e. The third-order valence-corrected chi connectivity index (χ3v) is 6.39. The van der Waals surface area contributed by atoms with E-state index in [9.17, 15) is 4.79 Å².